The maximum Gasteiger partial charge on any atom is 0.471 e. The number of amides is 2. The van der Waals surface area contributed by atoms with E-state index in [0.717, 1.165) is 0 Å². The highest BCUT2D eigenvalue weighted by molar-refractivity contribution is 5.90. The average molecular weight is 342 g/mol. The van der Waals surface area contributed by atoms with Gasteiger partial charge in [0.2, 0.25) is 5.91 Å². The molecule has 2 rings (SSSR count). The van der Waals surface area contributed by atoms with Gasteiger partial charge in [-0.2, -0.15) is 13.2 Å². The molecule has 2 aliphatic rings. The number of rotatable bonds is 2. The van der Waals surface area contributed by atoms with Crippen molar-refractivity contribution in [1.29, 1.82) is 0 Å². The molecule has 3 unspecified atom stereocenters. The highest BCUT2D eigenvalue weighted by atomic mass is 19.4. The van der Waals surface area contributed by atoms with Crippen LogP contribution in [0, 0.1) is 11.3 Å². The fourth-order valence-corrected chi connectivity index (χ4v) is 3.19. The van der Waals surface area contributed by atoms with Gasteiger partial charge < -0.3 is 10.2 Å². The Balaban J connectivity index is 2.15. The van der Waals surface area contributed by atoms with Crippen molar-refractivity contribution in [1.82, 2.24) is 10.2 Å². The van der Waals surface area contributed by atoms with E-state index in [0.29, 0.717) is 0 Å². The van der Waals surface area contributed by atoms with Crippen LogP contribution in [0.15, 0.2) is 0 Å². The van der Waals surface area contributed by atoms with Gasteiger partial charge >= 0.3 is 12.1 Å². The van der Waals surface area contributed by atoms with E-state index < -0.39 is 53.8 Å². The zero-order chi connectivity index (χ0) is 17.8. The van der Waals surface area contributed by atoms with Crippen LogP contribution in [-0.2, 0) is 9.59 Å². The number of carbonyl (C=O) groups excluding carboxylic acids is 2. The van der Waals surface area contributed by atoms with Crippen LogP contribution in [0.4, 0.5) is 22.0 Å². The summed E-state index contributed by atoms with van der Waals surface area (Å²) in [6.07, 6.45) is -5.45. The molecule has 23 heavy (non-hydrogen) atoms. The summed E-state index contributed by atoms with van der Waals surface area (Å²) in [5.41, 5.74) is -0.984. The van der Waals surface area contributed by atoms with Gasteiger partial charge in [-0.1, -0.05) is 20.8 Å². The molecule has 1 saturated heterocycles. The van der Waals surface area contributed by atoms with Crippen molar-refractivity contribution < 1.29 is 31.5 Å². The lowest BCUT2D eigenvalue weighted by atomic mass is 9.85. The number of halogens is 5. The first-order chi connectivity index (χ1) is 10.2. The van der Waals surface area contributed by atoms with Gasteiger partial charge in [0.25, 0.3) is 5.92 Å². The molecule has 1 aliphatic carbocycles. The Kier molecular flexibility index (Phi) is 4.14. The first-order valence-electron chi connectivity index (χ1n) is 7.29. The molecule has 132 valence electrons. The number of carbonyl (C=O) groups is 2. The molecule has 0 aromatic carbocycles. The van der Waals surface area contributed by atoms with Gasteiger partial charge in [-0.3, -0.25) is 9.59 Å². The molecule has 2 fully saturated rings. The molecule has 0 radical (unpaired) electrons. The van der Waals surface area contributed by atoms with E-state index in [1.807, 2.05) is 0 Å². The summed E-state index contributed by atoms with van der Waals surface area (Å²) in [6.45, 7) is 4.34. The third-order valence-corrected chi connectivity index (χ3v) is 4.45. The number of hydrogen-bond acceptors (Lipinski definition) is 2. The molecule has 1 heterocycles. The second-order valence-corrected chi connectivity index (χ2v) is 7.31. The summed E-state index contributed by atoms with van der Waals surface area (Å²) < 4.78 is 64.4. The molecular weight excluding hydrogens is 323 g/mol. The van der Waals surface area contributed by atoms with Crippen LogP contribution < -0.4 is 5.32 Å². The molecule has 1 saturated carbocycles. The summed E-state index contributed by atoms with van der Waals surface area (Å²) in [5, 5.41) is 1.71. The van der Waals surface area contributed by atoms with Gasteiger partial charge in [0, 0.05) is 24.9 Å². The van der Waals surface area contributed by atoms with Gasteiger partial charge in [-0.25, -0.2) is 8.78 Å². The average Bonchev–Trinajstić information content (AvgIpc) is 2.87. The molecule has 2 bridgehead atoms. The van der Waals surface area contributed by atoms with Gasteiger partial charge in [0.05, 0.1) is 0 Å². The van der Waals surface area contributed by atoms with Crippen molar-refractivity contribution >= 4 is 11.8 Å². The van der Waals surface area contributed by atoms with Crippen molar-refractivity contribution in [2.75, 3.05) is 6.54 Å². The van der Waals surface area contributed by atoms with Crippen molar-refractivity contribution in [3.05, 3.63) is 0 Å². The lowest BCUT2D eigenvalue weighted by Gasteiger charge is -2.38. The maximum absolute atomic E-state index is 13.5. The number of piperidine rings is 1. The SMILES string of the molecule is CC(C)(C)C(NC(=O)C(F)(F)F)C(=O)N1CC2CC1CC2(F)F. The molecule has 1 N–H and O–H groups in total. The maximum atomic E-state index is 13.5. The van der Waals surface area contributed by atoms with Crippen LogP contribution in [0.2, 0.25) is 0 Å². The molecule has 2 amide bonds. The van der Waals surface area contributed by atoms with Crippen molar-refractivity contribution in [2.24, 2.45) is 11.3 Å². The van der Waals surface area contributed by atoms with Gasteiger partial charge in [0.1, 0.15) is 6.04 Å². The molecule has 0 aromatic heterocycles. The minimum absolute atomic E-state index is 0.142. The number of nitrogens with one attached hydrogen (secondary N) is 1. The van der Waals surface area contributed by atoms with Crippen LogP contribution >= 0.6 is 0 Å². The summed E-state index contributed by atoms with van der Waals surface area (Å²) >= 11 is 0. The van der Waals surface area contributed by atoms with Gasteiger partial charge in [-0.15, -0.1) is 0 Å². The molecule has 0 aromatic rings. The predicted octanol–water partition coefficient (Wildman–Crippen LogP) is 2.34. The Bertz CT molecular complexity index is 512. The molecule has 3 atom stereocenters. The molecule has 9 heteroatoms. The Morgan fingerprint density at radius 3 is 2.13 bits per heavy atom. The minimum Gasteiger partial charge on any atom is -0.337 e. The molecular formula is C14H19F5N2O2. The van der Waals surface area contributed by atoms with Crippen LogP contribution in [0.1, 0.15) is 33.6 Å². The van der Waals surface area contributed by atoms with Crippen LogP contribution in [0.5, 0.6) is 0 Å². The Morgan fingerprint density at radius 2 is 1.78 bits per heavy atom. The third-order valence-electron chi connectivity index (χ3n) is 4.45. The summed E-state index contributed by atoms with van der Waals surface area (Å²) in [6, 6.07) is -2.11. The second-order valence-electron chi connectivity index (χ2n) is 7.31. The van der Waals surface area contributed by atoms with E-state index in [2.05, 4.69) is 0 Å². The first kappa shape index (κ1) is 17.9. The normalized spacial score (nSPS) is 27.9. The monoisotopic (exact) mass is 342 g/mol. The lowest BCUT2D eigenvalue weighted by molar-refractivity contribution is -0.176. The lowest BCUT2D eigenvalue weighted by Crippen LogP contribution is -2.59. The fraction of sp³-hybridized carbons (Fsp3) is 0.857. The Morgan fingerprint density at radius 1 is 1.22 bits per heavy atom. The number of hydrogen-bond donors (Lipinski definition) is 1. The van der Waals surface area contributed by atoms with Crippen LogP contribution in [-0.4, -0.2) is 47.4 Å². The van der Waals surface area contributed by atoms with E-state index in [1.54, 1.807) is 5.32 Å². The Labute approximate surface area is 130 Å². The number of alkyl halides is 5. The Hall–Kier alpha value is -1.41. The smallest absolute Gasteiger partial charge is 0.337 e. The predicted molar refractivity (Wildman–Crippen MR) is 70.6 cm³/mol. The van der Waals surface area contributed by atoms with E-state index in [-0.39, 0.29) is 13.0 Å². The number of likely N-dealkylation sites (tertiary alicyclic amines) is 1. The van der Waals surface area contributed by atoms with Crippen molar-refractivity contribution in [3.63, 3.8) is 0 Å². The van der Waals surface area contributed by atoms with E-state index >= 15 is 0 Å². The molecule has 0 spiro atoms. The quantitative estimate of drug-likeness (QED) is 0.783. The van der Waals surface area contributed by atoms with Gasteiger partial charge in [-0.05, 0) is 11.8 Å². The van der Waals surface area contributed by atoms with Gasteiger partial charge in [0.15, 0.2) is 0 Å². The molecule has 4 nitrogen and oxygen atoms in total. The number of fused-ring (bicyclic) bond motifs is 2. The fourth-order valence-electron chi connectivity index (χ4n) is 3.19. The standard InChI is InChI=1S/C14H19F5N2O2/c1-12(2,3)9(20-11(23)14(17,18)19)10(22)21-6-7-4-8(21)5-13(7,15)16/h7-9H,4-6H2,1-3H3,(H,20,23). The number of nitrogens with zero attached hydrogens (tertiary/aromatic N) is 1. The van der Waals surface area contributed by atoms with Crippen LogP contribution in [0.25, 0.3) is 0 Å². The summed E-state index contributed by atoms with van der Waals surface area (Å²) in [4.78, 5) is 24.9. The van der Waals surface area contributed by atoms with E-state index in [9.17, 15) is 31.5 Å². The third kappa shape index (κ3) is 3.42. The minimum atomic E-state index is -5.11. The highest BCUT2D eigenvalue weighted by Crippen LogP contribution is 2.48. The largest absolute Gasteiger partial charge is 0.471 e. The second kappa shape index (κ2) is 5.31. The van der Waals surface area contributed by atoms with Crippen LogP contribution in [0.3, 0.4) is 0 Å². The van der Waals surface area contributed by atoms with E-state index in [1.165, 1.54) is 25.7 Å². The van der Waals surface area contributed by atoms with E-state index in [4.69, 9.17) is 0 Å². The molecule has 1 aliphatic heterocycles. The van der Waals surface area contributed by atoms with Crippen molar-refractivity contribution in [3.8, 4) is 0 Å². The zero-order valence-electron chi connectivity index (χ0n) is 13.0. The summed E-state index contributed by atoms with van der Waals surface area (Å²) in [5.74, 6) is -6.75. The highest BCUT2D eigenvalue weighted by Gasteiger charge is 2.58. The van der Waals surface area contributed by atoms with Crippen molar-refractivity contribution in [2.45, 2.75) is 57.8 Å². The zero-order valence-corrected chi connectivity index (χ0v) is 13.0. The topological polar surface area (TPSA) is 49.4 Å². The first-order valence-corrected chi connectivity index (χ1v) is 7.29. The summed E-state index contributed by atoms with van der Waals surface area (Å²) in [7, 11) is 0.